The maximum Gasteiger partial charge on any atom is 0.224 e. The number of carbonyl (C=O) groups is 1. The summed E-state index contributed by atoms with van der Waals surface area (Å²) in [6.07, 6.45) is 0. The molecule has 2 heteroatoms. The monoisotopic (exact) mass is 185 g/mol. The summed E-state index contributed by atoms with van der Waals surface area (Å²) >= 11 is 0. The lowest BCUT2D eigenvalue weighted by atomic mass is 9.55. The third-order valence-electron chi connectivity index (χ3n) is 3.49. The molecule has 0 aliphatic carbocycles. The number of carbonyl (C=O) groups excluding carboxylic acids is 1. The second-order valence-electron chi connectivity index (χ2n) is 5.99. The van der Waals surface area contributed by atoms with Crippen LogP contribution in [0.1, 0.15) is 48.5 Å². The Kier molecular flexibility index (Phi) is 2.88. The van der Waals surface area contributed by atoms with Gasteiger partial charge in [-0.05, 0) is 17.8 Å². The number of hydrogen-bond acceptors (Lipinski definition) is 1. The van der Waals surface area contributed by atoms with Gasteiger partial charge in [0.2, 0.25) is 5.91 Å². The second-order valence-corrected chi connectivity index (χ2v) is 5.99. The summed E-state index contributed by atoms with van der Waals surface area (Å²) in [6, 6.07) is 0. The Hall–Kier alpha value is -0.530. The van der Waals surface area contributed by atoms with Crippen LogP contribution in [0.2, 0.25) is 0 Å². The second kappa shape index (κ2) is 3.00. The van der Waals surface area contributed by atoms with Crippen molar-refractivity contribution in [1.29, 1.82) is 0 Å². The fraction of sp³-hybridized carbons (Fsp3) is 0.909. The van der Waals surface area contributed by atoms with E-state index in [2.05, 4.69) is 41.5 Å². The molecule has 0 radical (unpaired) electrons. The quantitative estimate of drug-likeness (QED) is 0.670. The van der Waals surface area contributed by atoms with E-state index in [1.807, 2.05) is 6.92 Å². The lowest BCUT2D eigenvalue weighted by molar-refractivity contribution is -0.142. The first-order chi connectivity index (χ1) is 5.44. The Balaban J connectivity index is 5.35. The molecule has 2 N–H and O–H groups in total. The fourth-order valence-electron chi connectivity index (χ4n) is 1.86. The molecule has 0 fully saturated rings. The van der Waals surface area contributed by atoms with Crippen LogP contribution in [0.4, 0.5) is 0 Å². The molecule has 0 atom stereocenters. The van der Waals surface area contributed by atoms with Crippen molar-refractivity contribution in [3.8, 4) is 0 Å². The van der Waals surface area contributed by atoms with Gasteiger partial charge >= 0.3 is 0 Å². The van der Waals surface area contributed by atoms with Crippen LogP contribution in [0, 0.1) is 16.2 Å². The normalized spacial score (nSPS) is 14.4. The van der Waals surface area contributed by atoms with E-state index in [0.717, 1.165) is 0 Å². The molecule has 0 spiro atoms. The molecular formula is C11H23NO. The molecule has 78 valence electrons. The maximum atomic E-state index is 11.5. The Morgan fingerprint density at radius 3 is 1.08 bits per heavy atom. The van der Waals surface area contributed by atoms with Crippen molar-refractivity contribution in [3.05, 3.63) is 0 Å². The molecule has 0 saturated heterocycles. The Morgan fingerprint density at radius 2 is 1.08 bits per heavy atom. The molecule has 0 aromatic heterocycles. The van der Waals surface area contributed by atoms with Crippen molar-refractivity contribution >= 4 is 5.91 Å². The predicted molar refractivity (Wildman–Crippen MR) is 56.2 cm³/mol. The standard InChI is InChI=1S/C11H23NO/c1-9(2,3)11(7,8(12)13)10(4,5)6/h1-7H3,(H2,12,13). The zero-order chi connectivity index (χ0) is 11.1. The van der Waals surface area contributed by atoms with Gasteiger partial charge in [0.25, 0.3) is 0 Å². The van der Waals surface area contributed by atoms with Gasteiger partial charge in [0.05, 0.1) is 5.41 Å². The van der Waals surface area contributed by atoms with Gasteiger partial charge in [0.15, 0.2) is 0 Å². The minimum absolute atomic E-state index is 0.114. The van der Waals surface area contributed by atoms with Crippen LogP contribution in [-0.2, 0) is 4.79 Å². The summed E-state index contributed by atoms with van der Waals surface area (Å²) < 4.78 is 0. The summed E-state index contributed by atoms with van der Waals surface area (Å²) in [7, 11) is 0. The van der Waals surface area contributed by atoms with Gasteiger partial charge in [-0.15, -0.1) is 0 Å². The van der Waals surface area contributed by atoms with E-state index in [0.29, 0.717) is 0 Å². The van der Waals surface area contributed by atoms with E-state index in [4.69, 9.17) is 5.73 Å². The van der Waals surface area contributed by atoms with Crippen LogP contribution in [0.5, 0.6) is 0 Å². The Labute approximate surface area is 81.9 Å². The third-order valence-corrected chi connectivity index (χ3v) is 3.49. The largest absolute Gasteiger partial charge is 0.369 e. The smallest absolute Gasteiger partial charge is 0.224 e. The highest BCUT2D eigenvalue weighted by Gasteiger charge is 2.51. The van der Waals surface area contributed by atoms with Crippen LogP contribution in [0.3, 0.4) is 0 Å². The lowest BCUT2D eigenvalue weighted by Gasteiger charge is -2.48. The van der Waals surface area contributed by atoms with Crippen molar-refractivity contribution < 1.29 is 4.79 Å². The minimum Gasteiger partial charge on any atom is -0.369 e. The highest BCUT2D eigenvalue weighted by Crippen LogP contribution is 2.50. The van der Waals surface area contributed by atoms with Gasteiger partial charge in [0.1, 0.15) is 0 Å². The van der Waals surface area contributed by atoms with E-state index < -0.39 is 5.41 Å². The molecule has 0 aromatic rings. The zero-order valence-corrected chi connectivity index (χ0v) is 9.99. The van der Waals surface area contributed by atoms with Crippen molar-refractivity contribution in [1.82, 2.24) is 0 Å². The molecule has 2 nitrogen and oxygen atoms in total. The molecule has 13 heavy (non-hydrogen) atoms. The molecule has 0 aliphatic heterocycles. The summed E-state index contributed by atoms with van der Waals surface area (Å²) in [5.74, 6) is -0.215. The average Bonchev–Trinajstić information content (AvgIpc) is 1.80. The van der Waals surface area contributed by atoms with E-state index in [1.54, 1.807) is 0 Å². The molecule has 0 aliphatic rings. The van der Waals surface area contributed by atoms with Gasteiger partial charge in [-0.1, -0.05) is 41.5 Å². The Morgan fingerprint density at radius 1 is 0.846 bits per heavy atom. The van der Waals surface area contributed by atoms with Crippen LogP contribution >= 0.6 is 0 Å². The number of amides is 1. The Bertz CT molecular complexity index is 191. The molecule has 0 rings (SSSR count). The number of hydrogen-bond donors (Lipinski definition) is 1. The van der Waals surface area contributed by atoms with Crippen LogP contribution in [0.25, 0.3) is 0 Å². The summed E-state index contributed by atoms with van der Waals surface area (Å²) in [5, 5.41) is 0. The first-order valence-electron chi connectivity index (χ1n) is 4.74. The van der Waals surface area contributed by atoms with Crippen LogP contribution in [0.15, 0.2) is 0 Å². The van der Waals surface area contributed by atoms with Crippen LogP contribution in [-0.4, -0.2) is 5.91 Å². The molecule has 0 saturated carbocycles. The van der Waals surface area contributed by atoms with Gasteiger partial charge in [-0.3, -0.25) is 4.79 Å². The molecule has 0 heterocycles. The van der Waals surface area contributed by atoms with Crippen molar-refractivity contribution in [3.63, 3.8) is 0 Å². The zero-order valence-electron chi connectivity index (χ0n) is 9.99. The van der Waals surface area contributed by atoms with Crippen molar-refractivity contribution in [2.24, 2.45) is 22.0 Å². The van der Waals surface area contributed by atoms with E-state index >= 15 is 0 Å². The van der Waals surface area contributed by atoms with Crippen LogP contribution < -0.4 is 5.73 Å². The first kappa shape index (κ1) is 12.5. The van der Waals surface area contributed by atoms with Gasteiger partial charge in [0, 0.05) is 0 Å². The summed E-state index contributed by atoms with van der Waals surface area (Å²) in [4.78, 5) is 11.5. The summed E-state index contributed by atoms with van der Waals surface area (Å²) in [6.45, 7) is 14.3. The lowest BCUT2D eigenvalue weighted by Crippen LogP contribution is -2.53. The highest BCUT2D eigenvalue weighted by atomic mass is 16.1. The molecule has 0 unspecified atom stereocenters. The number of nitrogens with two attached hydrogens (primary N) is 1. The highest BCUT2D eigenvalue weighted by molar-refractivity contribution is 5.82. The van der Waals surface area contributed by atoms with E-state index in [9.17, 15) is 4.79 Å². The number of rotatable bonds is 1. The number of primary amides is 1. The fourth-order valence-corrected chi connectivity index (χ4v) is 1.86. The predicted octanol–water partition coefficient (Wildman–Crippen LogP) is 2.57. The third kappa shape index (κ3) is 1.87. The van der Waals surface area contributed by atoms with Crippen molar-refractivity contribution in [2.75, 3.05) is 0 Å². The molecule has 1 amide bonds. The molecule has 0 aromatic carbocycles. The average molecular weight is 185 g/mol. The van der Waals surface area contributed by atoms with Gasteiger partial charge in [-0.2, -0.15) is 0 Å². The van der Waals surface area contributed by atoms with Crippen molar-refractivity contribution in [2.45, 2.75) is 48.5 Å². The molecule has 0 bridgehead atoms. The SMILES string of the molecule is CC(C)(C)C(C)(C(N)=O)C(C)(C)C. The maximum absolute atomic E-state index is 11.5. The first-order valence-corrected chi connectivity index (χ1v) is 4.74. The topological polar surface area (TPSA) is 43.1 Å². The van der Waals surface area contributed by atoms with E-state index in [-0.39, 0.29) is 16.7 Å². The van der Waals surface area contributed by atoms with Gasteiger partial charge < -0.3 is 5.73 Å². The van der Waals surface area contributed by atoms with E-state index in [1.165, 1.54) is 0 Å². The van der Waals surface area contributed by atoms with Gasteiger partial charge in [-0.25, -0.2) is 0 Å². The summed E-state index contributed by atoms with van der Waals surface area (Å²) in [5.41, 5.74) is 4.79. The minimum atomic E-state index is -0.486. The molecular weight excluding hydrogens is 162 g/mol.